The van der Waals surface area contributed by atoms with Crippen molar-refractivity contribution in [2.24, 2.45) is 0 Å². The maximum atomic E-state index is 13.1. The number of rotatable bonds is 4. The molecule has 0 saturated heterocycles. The van der Waals surface area contributed by atoms with Gasteiger partial charge in [-0.3, -0.25) is 0 Å². The Bertz CT molecular complexity index is 659. The van der Waals surface area contributed by atoms with Gasteiger partial charge in [-0.25, -0.2) is 4.98 Å². The van der Waals surface area contributed by atoms with Crippen LogP contribution >= 0.6 is 23.2 Å². The summed E-state index contributed by atoms with van der Waals surface area (Å²) in [5.74, 6) is 0.266. The van der Waals surface area contributed by atoms with Crippen molar-refractivity contribution in [3.8, 4) is 5.75 Å². The van der Waals surface area contributed by atoms with E-state index in [-0.39, 0.29) is 27.7 Å². The fraction of sp³-hybridized carbons (Fsp3) is 0.357. The number of nitrogens with zero attached hydrogens (tertiary/aromatic N) is 1. The zero-order valence-corrected chi connectivity index (χ0v) is 12.6. The minimum absolute atomic E-state index is 0.0148. The second-order valence-corrected chi connectivity index (χ2v) is 5.05. The number of hydrogen-bond donors (Lipinski definition) is 0. The average Bonchev–Trinajstić information content (AvgIpc) is 2.42. The van der Waals surface area contributed by atoms with E-state index in [1.807, 2.05) is 6.92 Å². The zero-order valence-electron chi connectivity index (χ0n) is 11.1. The maximum Gasteiger partial charge on any atom is 0.417 e. The molecule has 1 aromatic heterocycles. The first-order valence-electron chi connectivity index (χ1n) is 6.26. The number of halogens is 5. The molecule has 2 rings (SSSR count). The van der Waals surface area contributed by atoms with E-state index in [1.54, 1.807) is 0 Å². The molecule has 0 fully saturated rings. The van der Waals surface area contributed by atoms with E-state index in [0.29, 0.717) is 12.2 Å². The second-order valence-electron chi connectivity index (χ2n) is 4.43. The van der Waals surface area contributed by atoms with Crippen molar-refractivity contribution < 1.29 is 17.9 Å². The molecule has 7 heteroatoms. The Hall–Kier alpha value is -1.20. The molecule has 0 aliphatic carbocycles. The van der Waals surface area contributed by atoms with Crippen LogP contribution in [0, 0.1) is 0 Å². The van der Waals surface area contributed by atoms with Gasteiger partial charge in [-0.15, -0.1) is 11.6 Å². The van der Waals surface area contributed by atoms with Crippen molar-refractivity contribution >= 4 is 34.1 Å². The molecule has 1 aromatic carbocycles. The van der Waals surface area contributed by atoms with Gasteiger partial charge in [-0.05, 0) is 24.6 Å². The summed E-state index contributed by atoms with van der Waals surface area (Å²) in [7, 11) is 0. The van der Waals surface area contributed by atoms with Crippen molar-refractivity contribution in [2.45, 2.75) is 25.4 Å². The quantitative estimate of drug-likeness (QED) is 0.547. The van der Waals surface area contributed by atoms with E-state index in [2.05, 4.69) is 4.98 Å². The summed E-state index contributed by atoms with van der Waals surface area (Å²) in [5, 5.41) is 0.0225. The van der Waals surface area contributed by atoms with Crippen LogP contribution in [0.25, 0.3) is 10.9 Å². The molecule has 0 unspecified atom stereocenters. The summed E-state index contributed by atoms with van der Waals surface area (Å²) in [5.41, 5.74) is -0.335. The van der Waals surface area contributed by atoms with Gasteiger partial charge < -0.3 is 4.74 Å². The van der Waals surface area contributed by atoms with Crippen LogP contribution in [0.15, 0.2) is 18.2 Å². The van der Waals surface area contributed by atoms with Crippen LogP contribution < -0.4 is 4.74 Å². The van der Waals surface area contributed by atoms with E-state index in [9.17, 15) is 13.2 Å². The van der Waals surface area contributed by atoms with Gasteiger partial charge in [0.25, 0.3) is 0 Å². The Morgan fingerprint density at radius 1 is 1.29 bits per heavy atom. The van der Waals surface area contributed by atoms with Crippen molar-refractivity contribution in [2.75, 3.05) is 6.61 Å². The number of ether oxygens (including phenoxy) is 1. The number of benzene rings is 1. The highest BCUT2D eigenvalue weighted by Crippen LogP contribution is 2.39. The highest BCUT2D eigenvalue weighted by molar-refractivity contribution is 6.31. The smallest absolute Gasteiger partial charge is 0.417 e. The molecule has 0 aliphatic heterocycles. The standard InChI is InChI=1S/C14H12Cl2F3NO/c1-2-5-21-11-4-3-10(14(17,18)19)9-6-8(7-15)13(16)20-12(9)11/h3-4,6H,2,5,7H2,1H3. The van der Waals surface area contributed by atoms with Gasteiger partial charge in [-0.2, -0.15) is 13.2 Å². The SMILES string of the molecule is CCCOc1ccc(C(F)(F)F)c2cc(CCl)c(Cl)nc12. The lowest BCUT2D eigenvalue weighted by Gasteiger charge is -2.15. The number of aromatic nitrogens is 1. The fourth-order valence-electron chi connectivity index (χ4n) is 1.92. The first-order chi connectivity index (χ1) is 9.88. The normalized spacial score (nSPS) is 11.9. The molecular formula is C14H12Cl2F3NO. The Morgan fingerprint density at radius 2 is 2.00 bits per heavy atom. The third kappa shape index (κ3) is 3.35. The van der Waals surface area contributed by atoms with Crippen molar-refractivity contribution in [3.05, 3.63) is 34.5 Å². The predicted octanol–water partition coefficient (Wildman–Crippen LogP) is 5.43. The van der Waals surface area contributed by atoms with Crippen LogP contribution in [0.2, 0.25) is 5.15 Å². The van der Waals surface area contributed by atoms with Gasteiger partial charge in [0.2, 0.25) is 0 Å². The molecule has 0 bridgehead atoms. The largest absolute Gasteiger partial charge is 0.491 e. The van der Waals surface area contributed by atoms with Crippen LogP contribution in [0.4, 0.5) is 13.2 Å². The summed E-state index contributed by atoms with van der Waals surface area (Å²) in [6, 6.07) is 3.57. The Kier molecular flexibility index (Phi) is 4.84. The number of pyridine rings is 1. The molecule has 2 aromatic rings. The van der Waals surface area contributed by atoms with E-state index < -0.39 is 11.7 Å². The van der Waals surface area contributed by atoms with Gasteiger partial charge in [0.05, 0.1) is 18.1 Å². The molecule has 0 aliphatic rings. The van der Waals surface area contributed by atoms with Gasteiger partial charge in [0.15, 0.2) is 0 Å². The molecule has 2 nitrogen and oxygen atoms in total. The zero-order chi connectivity index (χ0) is 15.6. The number of alkyl halides is 4. The Morgan fingerprint density at radius 3 is 2.57 bits per heavy atom. The molecule has 0 amide bonds. The summed E-state index contributed by atoms with van der Waals surface area (Å²) in [6.45, 7) is 2.29. The first-order valence-corrected chi connectivity index (χ1v) is 7.17. The van der Waals surface area contributed by atoms with Crippen LogP contribution in [0.1, 0.15) is 24.5 Å². The average molecular weight is 338 g/mol. The third-order valence-corrected chi connectivity index (χ3v) is 3.50. The van der Waals surface area contributed by atoms with Crippen LogP contribution in [-0.2, 0) is 12.1 Å². The highest BCUT2D eigenvalue weighted by atomic mass is 35.5. The van der Waals surface area contributed by atoms with Crippen molar-refractivity contribution in [1.29, 1.82) is 0 Å². The molecule has 0 N–H and O–H groups in total. The van der Waals surface area contributed by atoms with Crippen molar-refractivity contribution in [1.82, 2.24) is 4.98 Å². The van der Waals surface area contributed by atoms with Gasteiger partial charge >= 0.3 is 6.18 Å². The van der Waals surface area contributed by atoms with Gasteiger partial charge in [0.1, 0.15) is 16.4 Å². The number of fused-ring (bicyclic) bond motifs is 1. The maximum absolute atomic E-state index is 13.1. The molecule has 0 spiro atoms. The summed E-state index contributed by atoms with van der Waals surface area (Å²) < 4.78 is 44.8. The number of hydrogen-bond acceptors (Lipinski definition) is 2. The van der Waals surface area contributed by atoms with E-state index in [1.165, 1.54) is 12.1 Å². The molecule has 0 atom stereocenters. The summed E-state index contributed by atoms with van der Waals surface area (Å²) in [4.78, 5) is 4.03. The molecule has 0 radical (unpaired) electrons. The lowest BCUT2D eigenvalue weighted by molar-refractivity contribution is -0.136. The fourth-order valence-corrected chi connectivity index (χ4v) is 2.40. The molecule has 0 saturated carbocycles. The van der Waals surface area contributed by atoms with Gasteiger partial charge in [-0.1, -0.05) is 18.5 Å². The molecule has 21 heavy (non-hydrogen) atoms. The highest BCUT2D eigenvalue weighted by Gasteiger charge is 2.33. The minimum atomic E-state index is -4.49. The summed E-state index contributed by atoms with van der Waals surface area (Å²) in [6.07, 6.45) is -3.75. The lowest BCUT2D eigenvalue weighted by Crippen LogP contribution is -2.08. The lowest BCUT2D eigenvalue weighted by atomic mass is 10.1. The van der Waals surface area contributed by atoms with E-state index >= 15 is 0 Å². The van der Waals surface area contributed by atoms with E-state index in [0.717, 1.165) is 12.5 Å². The van der Waals surface area contributed by atoms with Crippen molar-refractivity contribution in [3.63, 3.8) is 0 Å². The molecular weight excluding hydrogens is 326 g/mol. The predicted molar refractivity (Wildman–Crippen MR) is 77.1 cm³/mol. The molecule has 1 heterocycles. The second kappa shape index (κ2) is 6.28. The monoisotopic (exact) mass is 337 g/mol. The minimum Gasteiger partial charge on any atom is -0.491 e. The molecule has 114 valence electrons. The van der Waals surface area contributed by atoms with Crippen LogP contribution in [-0.4, -0.2) is 11.6 Å². The van der Waals surface area contributed by atoms with Gasteiger partial charge in [0, 0.05) is 10.9 Å². The Labute approximate surface area is 129 Å². The van der Waals surface area contributed by atoms with E-state index in [4.69, 9.17) is 27.9 Å². The Balaban J connectivity index is 2.73. The van der Waals surface area contributed by atoms with Crippen LogP contribution in [0.5, 0.6) is 5.75 Å². The third-order valence-electron chi connectivity index (χ3n) is 2.88. The summed E-state index contributed by atoms with van der Waals surface area (Å²) >= 11 is 11.6. The van der Waals surface area contributed by atoms with Crippen LogP contribution in [0.3, 0.4) is 0 Å². The first kappa shape index (κ1) is 16.2. The topological polar surface area (TPSA) is 22.1 Å².